The van der Waals surface area contributed by atoms with E-state index in [0.29, 0.717) is 0 Å². The van der Waals surface area contributed by atoms with E-state index in [2.05, 4.69) is 9.97 Å². The predicted octanol–water partition coefficient (Wildman–Crippen LogP) is 0.0851. The first kappa shape index (κ1) is 7.04. The topological polar surface area (TPSA) is 46.0 Å². The molecular weight excluding hydrogens is 104 g/mol. The Morgan fingerprint density at radius 2 is 1.12 bits per heavy atom. The summed E-state index contributed by atoms with van der Waals surface area (Å²) in [6.07, 6.45) is 6.56. The van der Waals surface area contributed by atoms with Crippen molar-refractivity contribution in [3.8, 4) is 0 Å². The lowest BCUT2D eigenvalue weighted by Gasteiger charge is -1.70. The van der Waals surface area contributed by atoms with Crippen LogP contribution in [0.5, 0.6) is 0 Å². The Morgan fingerprint density at radius 1 is 0.875 bits per heavy atom. The van der Waals surface area contributed by atoms with Gasteiger partial charge in [-0.15, -0.1) is 0 Å². The SMILES string of the molecule is CO.c1cnccn1. The highest BCUT2D eigenvalue weighted by atomic mass is 16.2. The third kappa shape index (κ3) is 3.24. The minimum Gasteiger partial charge on any atom is -0.400 e. The summed E-state index contributed by atoms with van der Waals surface area (Å²) in [4.78, 5) is 7.44. The maximum atomic E-state index is 7.00. The van der Waals surface area contributed by atoms with E-state index < -0.39 is 0 Å². The predicted molar refractivity (Wildman–Crippen MR) is 30.2 cm³/mol. The molecule has 3 heteroatoms. The van der Waals surface area contributed by atoms with E-state index in [1.165, 1.54) is 0 Å². The molecule has 1 heterocycles. The second-order valence-electron chi connectivity index (χ2n) is 0.894. The monoisotopic (exact) mass is 112 g/mol. The van der Waals surface area contributed by atoms with E-state index >= 15 is 0 Å². The van der Waals surface area contributed by atoms with Crippen molar-refractivity contribution in [1.29, 1.82) is 0 Å². The number of aliphatic hydroxyl groups excluding tert-OH is 1. The van der Waals surface area contributed by atoms with Gasteiger partial charge in [0.1, 0.15) is 0 Å². The van der Waals surface area contributed by atoms with Crippen LogP contribution in [0.3, 0.4) is 0 Å². The number of hydrogen-bond acceptors (Lipinski definition) is 3. The molecular formula is C5H8N2O. The van der Waals surface area contributed by atoms with Crippen LogP contribution in [-0.4, -0.2) is 22.2 Å². The molecule has 8 heavy (non-hydrogen) atoms. The molecule has 0 saturated carbocycles. The molecule has 0 fully saturated rings. The zero-order valence-corrected chi connectivity index (χ0v) is 4.65. The van der Waals surface area contributed by atoms with Crippen molar-refractivity contribution in [1.82, 2.24) is 9.97 Å². The van der Waals surface area contributed by atoms with Crippen LogP contribution in [-0.2, 0) is 0 Å². The zero-order chi connectivity index (χ0) is 6.24. The van der Waals surface area contributed by atoms with Crippen LogP contribution in [0.25, 0.3) is 0 Å². The zero-order valence-electron chi connectivity index (χ0n) is 4.65. The standard InChI is InChI=1S/C4H4N2.CH4O/c1-2-6-4-3-5-1;1-2/h1-4H;2H,1H3. The second kappa shape index (κ2) is 6.04. The molecule has 0 aliphatic carbocycles. The third-order valence-corrected chi connectivity index (χ3v) is 0.478. The van der Waals surface area contributed by atoms with Crippen molar-refractivity contribution >= 4 is 0 Å². The van der Waals surface area contributed by atoms with Crippen molar-refractivity contribution in [2.24, 2.45) is 0 Å². The third-order valence-electron chi connectivity index (χ3n) is 0.478. The molecule has 44 valence electrons. The minimum atomic E-state index is 1.00. The van der Waals surface area contributed by atoms with Gasteiger partial charge in [-0.2, -0.15) is 0 Å². The highest BCUT2D eigenvalue weighted by Crippen LogP contribution is 1.65. The summed E-state index contributed by atoms with van der Waals surface area (Å²) in [6, 6.07) is 0. The molecule has 1 N–H and O–H groups in total. The smallest absolute Gasteiger partial charge is 0.0451 e. The summed E-state index contributed by atoms with van der Waals surface area (Å²) in [7, 11) is 1.00. The number of aromatic nitrogens is 2. The van der Waals surface area contributed by atoms with Gasteiger partial charge >= 0.3 is 0 Å². The van der Waals surface area contributed by atoms with Crippen LogP contribution < -0.4 is 0 Å². The molecule has 0 amide bonds. The normalized spacial score (nSPS) is 6.75. The first-order valence-corrected chi connectivity index (χ1v) is 2.15. The largest absolute Gasteiger partial charge is 0.400 e. The van der Waals surface area contributed by atoms with E-state index in [4.69, 9.17) is 5.11 Å². The van der Waals surface area contributed by atoms with Crippen LogP contribution in [0.1, 0.15) is 0 Å². The Hall–Kier alpha value is -0.960. The molecule has 0 radical (unpaired) electrons. The van der Waals surface area contributed by atoms with Gasteiger partial charge in [0.2, 0.25) is 0 Å². The van der Waals surface area contributed by atoms with Crippen molar-refractivity contribution in [3.63, 3.8) is 0 Å². The Bertz CT molecular complexity index is 82.4. The number of hydrogen-bond donors (Lipinski definition) is 1. The van der Waals surface area contributed by atoms with E-state index in [1.54, 1.807) is 24.8 Å². The van der Waals surface area contributed by atoms with Crippen molar-refractivity contribution < 1.29 is 5.11 Å². The van der Waals surface area contributed by atoms with Crippen LogP contribution in [0.15, 0.2) is 24.8 Å². The molecule has 0 unspecified atom stereocenters. The summed E-state index contributed by atoms with van der Waals surface area (Å²) in [5, 5.41) is 7.00. The molecule has 0 saturated heterocycles. The van der Waals surface area contributed by atoms with E-state index in [1.807, 2.05) is 0 Å². The molecule has 0 bridgehead atoms. The van der Waals surface area contributed by atoms with Gasteiger partial charge in [0, 0.05) is 31.9 Å². The van der Waals surface area contributed by atoms with Crippen LogP contribution in [0.4, 0.5) is 0 Å². The van der Waals surface area contributed by atoms with Gasteiger partial charge in [0.05, 0.1) is 0 Å². The molecule has 1 aromatic heterocycles. The van der Waals surface area contributed by atoms with Gasteiger partial charge in [-0.25, -0.2) is 0 Å². The minimum absolute atomic E-state index is 1.00. The molecule has 1 rings (SSSR count). The molecule has 3 nitrogen and oxygen atoms in total. The lowest BCUT2D eigenvalue weighted by atomic mass is 10.8. The first-order chi connectivity index (χ1) is 4.00. The molecule has 0 aliphatic heterocycles. The van der Waals surface area contributed by atoms with Crippen LogP contribution in [0.2, 0.25) is 0 Å². The fourth-order valence-electron chi connectivity index (χ4n) is 0.253. The van der Waals surface area contributed by atoms with Gasteiger partial charge in [0.25, 0.3) is 0 Å². The van der Waals surface area contributed by atoms with Crippen LogP contribution >= 0.6 is 0 Å². The van der Waals surface area contributed by atoms with E-state index in [0.717, 1.165) is 7.11 Å². The molecule has 0 spiro atoms. The molecule has 0 aromatic carbocycles. The number of rotatable bonds is 0. The summed E-state index contributed by atoms with van der Waals surface area (Å²) in [5.74, 6) is 0. The summed E-state index contributed by atoms with van der Waals surface area (Å²) >= 11 is 0. The number of nitrogens with zero attached hydrogens (tertiary/aromatic N) is 2. The summed E-state index contributed by atoms with van der Waals surface area (Å²) in [5.41, 5.74) is 0. The van der Waals surface area contributed by atoms with Gasteiger partial charge in [-0.05, 0) is 0 Å². The second-order valence-corrected chi connectivity index (χ2v) is 0.894. The first-order valence-electron chi connectivity index (χ1n) is 2.15. The van der Waals surface area contributed by atoms with Crippen LogP contribution in [0, 0.1) is 0 Å². The maximum absolute atomic E-state index is 7.00. The molecule has 1 aromatic rings. The van der Waals surface area contributed by atoms with Gasteiger partial charge in [0.15, 0.2) is 0 Å². The Morgan fingerprint density at radius 3 is 1.25 bits per heavy atom. The van der Waals surface area contributed by atoms with E-state index in [9.17, 15) is 0 Å². The van der Waals surface area contributed by atoms with Gasteiger partial charge in [-0.1, -0.05) is 0 Å². The Labute approximate surface area is 48.0 Å². The Balaban J connectivity index is 0.000000222. The maximum Gasteiger partial charge on any atom is 0.0451 e. The quantitative estimate of drug-likeness (QED) is 0.517. The lowest BCUT2D eigenvalue weighted by molar-refractivity contribution is 0.399. The van der Waals surface area contributed by atoms with Crippen molar-refractivity contribution in [2.45, 2.75) is 0 Å². The highest BCUT2D eigenvalue weighted by Gasteiger charge is 1.59. The average Bonchev–Trinajstić information content (AvgIpc) is 1.96. The average molecular weight is 112 g/mol. The highest BCUT2D eigenvalue weighted by molar-refractivity contribution is 4.70. The van der Waals surface area contributed by atoms with Crippen molar-refractivity contribution in [3.05, 3.63) is 24.8 Å². The molecule has 0 atom stereocenters. The summed E-state index contributed by atoms with van der Waals surface area (Å²) in [6.45, 7) is 0. The fraction of sp³-hybridized carbons (Fsp3) is 0.200. The van der Waals surface area contributed by atoms with Crippen molar-refractivity contribution in [2.75, 3.05) is 7.11 Å². The van der Waals surface area contributed by atoms with Gasteiger partial charge < -0.3 is 5.11 Å². The number of aliphatic hydroxyl groups is 1. The Kier molecular flexibility index (Phi) is 5.32. The lowest BCUT2D eigenvalue weighted by Crippen LogP contribution is -1.66. The van der Waals surface area contributed by atoms with Gasteiger partial charge in [-0.3, -0.25) is 9.97 Å². The fourth-order valence-corrected chi connectivity index (χ4v) is 0.253. The molecule has 0 aliphatic rings. The summed E-state index contributed by atoms with van der Waals surface area (Å²) < 4.78 is 0. The van der Waals surface area contributed by atoms with E-state index in [-0.39, 0.29) is 0 Å².